The number of nitrogens with zero attached hydrogens (tertiary/aromatic N) is 2. The third kappa shape index (κ3) is 3.64. The maximum atomic E-state index is 12.8. The number of hydrogen-bond acceptors (Lipinski definition) is 3. The van der Waals surface area contributed by atoms with Gasteiger partial charge in [-0.1, -0.05) is 48.5 Å². The van der Waals surface area contributed by atoms with Gasteiger partial charge in [-0.2, -0.15) is 0 Å². The first-order valence-electron chi connectivity index (χ1n) is 10.8. The van der Waals surface area contributed by atoms with E-state index in [9.17, 15) is 9.59 Å². The van der Waals surface area contributed by atoms with E-state index in [4.69, 9.17) is 10.7 Å². The van der Waals surface area contributed by atoms with Crippen molar-refractivity contribution in [2.45, 2.75) is 18.8 Å². The van der Waals surface area contributed by atoms with Crippen LogP contribution in [0.4, 0.5) is 0 Å². The van der Waals surface area contributed by atoms with E-state index < -0.39 is 5.91 Å². The van der Waals surface area contributed by atoms with E-state index in [1.807, 2.05) is 71.8 Å². The van der Waals surface area contributed by atoms with Gasteiger partial charge >= 0.3 is 0 Å². The summed E-state index contributed by atoms with van der Waals surface area (Å²) in [6.45, 7) is 1.37. The Balaban J connectivity index is 1.44. The Morgan fingerprint density at radius 3 is 2.28 bits per heavy atom. The fraction of sp³-hybridized carbons (Fsp3) is 0.192. The van der Waals surface area contributed by atoms with Gasteiger partial charge in [0.1, 0.15) is 0 Å². The van der Waals surface area contributed by atoms with Gasteiger partial charge in [-0.3, -0.25) is 9.59 Å². The molecule has 2 aromatic carbocycles. The number of aromatic nitrogens is 2. The van der Waals surface area contributed by atoms with Gasteiger partial charge in [-0.15, -0.1) is 0 Å². The molecule has 1 fully saturated rings. The van der Waals surface area contributed by atoms with E-state index in [0.717, 1.165) is 40.7 Å². The minimum Gasteiger partial charge on any atom is -0.366 e. The van der Waals surface area contributed by atoms with Crippen LogP contribution in [0.3, 0.4) is 0 Å². The zero-order valence-corrected chi connectivity index (χ0v) is 17.6. The highest BCUT2D eigenvalue weighted by Crippen LogP contribution is 2.35. The first-order valence-corrected chi connectivity index (χ1v) is 10.8. The van der Waals surface area contributed by atoms with Crippen LogP contribution in [0.1, 0.15) is 45.0 Å². The van der Waals surface area contributed by atoms with Crippen molar-refractivity contribution >= 4 is 22.8 Å². The van der Waals surface area contributed by atoms with E-state index in [0.29, 0.717) is 24.2 Å². The molecule has 0 radical (unpaired) electrons. The van der Waals surface area contributed by atoms with E-state index in [2.05, 4.69) is 4.98 Å². The molecule has 3 N–H and O–H groups in total. The molecule has 3 heterocycles. The highest BCUT2D eigenvalue weighted by atomic mass is 16.2. The summed E-state index contributed by atoms with van der Waals surface area (Å²) in [4.78, 5) is 35.0. The van der Waals surface area contributed by atoms with Crippen LogP contribution < -0.4 is 5.73 Å². The van der Waals surface area contributed by atoms with Gasteiger partial charge in [0.2, 0.25) is 0 Å². The lowest BCUT2D eigenvalue weighted by Crippen LogP contribution is -2.37. The highest BCUT2D eigenvalue weighted by Gasteiger charge is 2.27. The molecule has 0 atom stereocenters. The van der Waals surface area contributed by atoms with Crippen LogP contribution in [0.25, 0.3) is 22.3 Å². The molecule has 32 heavy (non-hydrogen) atoms. The molecule has 6 nitrogen and oxygen atoms in total. The number of piperidine rings is 1. The van der Waals surface area contributed by atoms with Crippen molar-refractivity contribution < 1.29 is 9.59 Å². The molecule has 5 rings (SSSR count). The second-order valence-electron chi connectivity index (χ2n) is 8.19. The molecule has 1 aliphatic rings. The summed E-state index contributed by atoms with van der Waals surface area (Å²) in [5.41, 5.74) is 11.1. The minimum absolute atomic E-state index is 0.0727. The molecule has 1 saturated heterocycles. The predicted octanol–water partition coefficient (Wildman–Crippen LogP) is 4.35. The number of nitrogens with two attached hydrogens (primary N) is 1. The maximum absolute atomic E-state index is 12.8. The zero-order valence-electron chi connectivity index (χ0n) is 17.6. The van der Waals surface area contributed by atoms with Crippen molar-refractivity contribution in [1.29, 1.82) is 0 Å². The lowest BCUT2D eigenvalue weighted by atomic mass is 9.89. The number of carbonyl (C=O) groups is 2. The number of carbonyl (C=O) groups excluding carboxylic acids is 2. The summed E-state index contributed by atoms with van der Waals surface area (Å²) in [7, 11) is 0. The second kappa shape index (κ2) is 8.30. The standard InChI is InChI=1S/C26H24N4O2/c27-25(31)20-15-22(18-7-3-1-4-8-18)29-24-21(16-28-23(20)24)17-11-13-30(14-12-17)26(32)19-9-5-2-6-10-19/h1-10,15-17,28H,11-14H2,(H2,27,31). The molecule has 0 bridgehead atoms. The number of primary amides is 1. The Bertz CT molecular complexity index is 1270. The van der Waals surface area contributed by atoms with Crippen molar-refractivity contribution in [3.8, 4) is 11.3 Å². The van der Waals surface area contributed by atoms with Crippen LogP contribution in [0.15, 0.2) is 72.9 Å². The lowest BCUT2D eigenvalue weighted by Gasteiger charge is -2.32. The first-order chi connectivity index (χ1) is 15.6. The van der Waals surface area contributed by atoms with Gasteiger partial charge in [0, 0.05) is 30.4 Å². The number of pyridine rings is 1. The monoisotopic (exact) mass is 424 g/mol. The van der Waals surface area contributed by atoms with Crippen LogP contribution in [-0.4, -0.2) is 39.8 Å². The first kappa shape index (κ1) is 20.0. The van der Waals surface area contributed by atoms with E-state index in [1.165, 1.54) is 0 Å². The molecule has 2 amide bonds. The van der Waals surface area contributed by atoms with Crippen molar-refractivity contribution in [3.63, 3.8) is 0 Å². The van der Waals surface area contributed by atoms with Crippen molar-refractivity contribution in [1.82, 2.24) is 14.9 Å². The number of amides is 2. The van der Waals surface area contributed by atoms with Gasteiger partial charge in [0.05, 0.1) is 22.3 Å². The molecule has 0 aliphatic carbocycles. The average molecular weight is 425 g/mol. The van der Waals surface area contributed by atoms with Crippen molar-refractivity contribution in [2.24, 2.45) is 5.73 Å². The average Bonchev–Trinajstić information content (AvgIpc) is 3.28. The zero-order chi connectivity index (χ0) is 22.1. The molecule has 4 aromatic rings. The number of hydrogen-bond donors (Lipinski definition) is 2. The molecule has 160 valence electrons. The Morgan fingerprint density at radius 1 is 0.969 bits per heavy atom. The summed E-state index contributed by atoms with van der Waals surface area (Å²) >= 11 is 0. The van der Waals surface area contributed by atoms with E-state index >= 15 is 0 Å². The largest absolute Gasteiger partial charge is 0.366 e. The number of aromatic amines is 1. The highest BCUT2D eigenvalue weighted by molar-refractivity contribution is 6.06. The number of likely N-dealkylation sites (tertiary alicyclic amines) is 1. The third-order valence-corrected chi connectivity index (χ3v) is 6.24. The Kier molecular flexibility index (Phi) is 5.19. The van der Waals surface area contributed by atoms with Gasteiger partial charge < -0.3 is 15.6 Å². The number of rotatable bonds is 4. The molecule has 2 aromatic heterocycles. The van der Waals surface area contributed by atoms with Crippen molar-refractivity contribution in [2.75, 3.05) is 13.1 Å². The SMILES string of the molecule is NC(=O)c1cc(-c2ccccc2)nc2c(C3CCN(C(=O)c4ccccc4)CC3)c[nH]c12. The molecule has 0 saturated carbocycles. The molecule has 1 aliphatic heterocycles. The van der Waals surface area contributed by atoms with Crippen LogP contribution >= 0.6 is 0 Å². The molecular weight excluding hydrogens is 400 g/mol. The molecular formula is C26H24N4O2. The van der Waals surface area contributed by atoms with Gasteiger partial charge in [0.25, 0.3) is 11.8 Å². The van der Waals surface area contributed by atoms with Gasteiger partial charge in [-0.05, 0) is 42.5 Å². The lowest BCUT2D eigenvalue weighted by molar-refractivity contribution is 0.0713. The second-order valence-corrected chi connectivity index (χ2v) is 8.19. The Hall–Kier alpha value is -3.93. The summed E-state index contributed by atoms with van der Waals surface area (Å²) in [5.74, 6) is -0.155. The smallest absolute Gasteiger partial charge is 0.253 e. The maximum Gasteiger partial charge on any atom is 0.253 e. The summed E-state index contributed by atoms with van der Waals surface area (Å²) in [6.07, 6.45) is 3.63. The van der Waals surface area contributed by atoms with Crippen LogP contribution in [0.2, 0.25) is 0 Å². The number of fused-ring (bicyclic) bond motifs is 1. The normalized spacial score (nSPS) is 14.6. The van der Waals surface area contributed by atoms with Gasteiger partial charge in [0.15, 0.2) is 0 Å². The fourth-order valence-electron chi connectivity index (χ4n) is 4.54. The molecule has 0 unspecified atom stereocenters. The quantitative estimate of drug-likeness (QED) is 0.510. The Morgan fingerprint density at radius 2 is 1.62 bits per heavy atom. The summed E-state index contributed by atoms with van der Waals surface area (Å²) in [6, 6.07) is 20.9. The fourth-order valence-corrected chi connectivity index (χ4v) is 4.54. The van der Waals surface area contributed by atoms with Crippen LogP contribution in [0, 0.1) is 0 Å². The summed E-state index contributed by atoms with van der Waals surface area (Å²) in [5, 5.41) is 0. The number of benzene rings is 2. The van der Waals surface area contributed by atoms with Crippen LogP contribution in [-0.2, 0) is 0 Å². The van der Waals surface area contributed by atoms with Crippen molar-refractivity contribution in [3.05, 3.63) is 89.6 Å². The topological polar surface area (TPSA) is 92.1 Å². The van der Waals surface area contributed by atoms with E-state index in [-0.39, 0.29) is 11.8 Å². The number of nitrogens with one attached hydrogen (secondary N) is 1. The third-order valence-electron chi connectivity index (χ3n) is 6.24. The molecule has 0 spiro atoms. The van der Waals surface area contributed by atoms with Gasteiger partial charge in [-0.25, -0.2) is 4.98 Å². The summed E-state index contributed by atoms with van der Waals surface area (Å²) < 4.78 is 0. The minimum atomic E-state index is -0.480. The predicted molar refractivity (Wildman–Crippen MR) is 124 cm³/mol. The number of H-pyrrole nitrogens is 1. The van der Waals surface area contributed by atoms with Crippen LogP contribution in [0.5, 0.6) is 0 Å². The van der Waals surface area contributed by atoms with E-state index in [1.54, 1.807) is 6.07 Å². The Labute approximate surface area is 186 Å². The molecule has 6 heteroatoms.